The first kappa shape index (κ1) is 18.1. The first-order chi connectivity index (χ1) is 12.3. The average molecular weight is 365 g/mol. The van der Waals surface area contributed by atoms with Crippen molar-refractivity contribution in [1.82, 2.24) is 5.01 Å². The Morgan fingerprint density at radius 2 is 1.35 bits per heavy atom. The van der Waals surface area contributed by atoms with Gasteiger partial charge in [0.25, 0.3) is 0 Å². The van der Waals surface area contributed by atoms with Crippen molar-refractivity contribution in [3.63, 3.8) is 0 Å². The van der Waals surface area contributed by atoms with Crippen LogP contribution in [0.25, 0.3) is 0 Å². The van der Waals surface area contributed by atoms with Crippen LogP contribution in [0.1, 0.15) is 22.9 Å². The topological polar surface area (TPSA) is 46.1 Å². The normalized spacial score (nSPS) is 19.0. The van der Waals surface area contributed by atoms with Gasteiger partial charge in [-0.2, -0.15) is 5.01 Å². The van der Waals surface area contributed by atoms with Crippen LogP contribution in [0.3, 0.4) is 0 Å². The molecule has 3 aromatic rings. The van der Waals surface area contributed by atoms with Crippen LogP contribution >= 0.6 is 0 Å². The predicted molar refractivity (Wildman–Crippen MR) is 99.3 cm³/mol. The number of hydrazine groups is 1. The summed E-state index contributed by atoms with van der Waals surface area (Å²) in [5.74, 6) is 7.33. The summed E-state index contributed by atoms with van der Waals surface area (Å²) in [5, 5.41) is 7.79. The van der Waals surface area contributed by atoms with Crippen LogP contribution in [0.5, 0.6) is 0 Å². The molecule has 2 atom stereocenters. The fourth-order valence-electron chi connectivity index (χ4n) is 3.27. The van der Waals surface area contributed by atoms with E-state index < -0.39 is 0 Å². The second-order valence-corrected chi connectivity index (χ2v) is 6.18. The number of amidine groups is 1. The SMILES string of the molecule is NN1C(c2ccccc2)=N[NH+](Cc2ccccc2)C1c1ccccc1.[Cl-]. The molecule has 0 fully saturated rings. The fourth-order valence-corrected chi connectivity index (χ4v) is 3.27. The molecule has 0 saturated heterocycles. The maximum Gasteiger partial charge on any atom is 0.229 e. The number of nitrogens with two attached hydrogens (primary N) is 1. The molecule has 0 aromatic heterocycles. The Balaban J connectivity index is 0.00000196. The lowest BCUT2D eigenvalue weighted by Crippen LogP contribution is -3.06. The van der Waals surface area contributed by atoms with Crippen LogP contribution in [-0.4, -0.2) is 10.8 Å². The number of hydrogen-bond acceptors (Lipinski definition) is 3. The highest BCUT2D eigenvalue weighted by molar-refractivity contribution is 5.98. The number of rotatable bonds is 4. The Morgan fingerprint density at radius 1 is 0.808 bits per heavy atom. The first-order valence-corrected chi connectivity index (χ1v) is 8.45. The lowest BCUT2D eigenvalue weighted by Gasteiger charge is -2.24. The van der Waals surface area contributed by atoms with E-state index in [1.165, 1.54) is 5.56 Å². The highest BCUT2D eigenvalue weighted by Crippen LogP contribution is 2.19. The van der Waals surface area contributed by atoms with Gasteiger partial charge in [0.2, 0.25) is 12.0 Å². The van der Waals surface area contributed by atoms with E-state index >= 15 is 0 Å². The summed E-state index contributed by atoms with van der Waals surface area (Å²) in [5.41, 5.74) is 3.43. The van der Waals surface area contributed by atoms with E-state index in [4.69, 9.17) is 10.9 Å². The monoisotopic (exact) mass is 364 g/mol. The van der Waals surface area contributed by atoms with E-state index in [1.807, 2.05) is 54.6 Å². The molecule has 0 aliphatic carbocycles. The molecule has 4 rings (SSSR count). The minimum atomic E-state index is -0.0448. The minimum Gasteiger partial charge on any atom is -1.00 e. The Hall–Kier alpha value is -2.66. The van der Waals surface area contributed by atoms with Crippen LogP contribution in [0.4, 0.5) is 0 Å². The number of hydrogen-bond donors (Lipinski definition) is 2. The maximum atomic E-state index is 6.51. The lowest BCUT2D eigenvalue weighted by molar-refractivity contribution is -0.954. The van der Waals surface area contributed by atoms with Gasteiger partial charge in [-0.15, -0.1) is 0 Å². The number of benzene rings is 3. The molecule has 1 aliphatic rings. The molecule has 0 bridgehead atoms. The minimum absolute atomic E-state index is 0. The summed E-state index contributed by atoms with van der Waals surface area (Å²) in [6.07, 6.45) is -0.0448. The Labute approximate surface area is 159 Å². The second-order valence-electron chi connectivity index (χ2n) is 6.18. The number of halogens is 1. The van der Waals surface area contributed by atoms with Crippen molar-refractivity contribution in [1.29, 1.82) is 0 Å². The molecule has 2 unspecified atom stereocenters. The van der Waals surface area contributed by atoms with Gasteiger partial charge in [-0.25, -0.2) is 10.9 Å². The van der Waals surface area contributed by atoms with Crippen molar-refractivity contribution < 1.29 is 17.4 Å². The van der Waals surface area contributed by atoms with Gasteiger partial charge in [0, 0.05) is 16.7 Å². The maximum absolute atomic E-state index is 6.51. The van der Waals surface area contributed by atoms with Crippen LogP contribution in [0.2, 0.25) is 0 Å². The third kappa shape index (κ3) is 3.63. The van der Waals surface area contributed by atoms with Gasteiger partial charge in [0.05, 0.1) is 0 Å². The standard InChI is InChI=1S/C21H20N4.ClH/c22-25-20(18-12-6-2-7-13-18)23-24(16-17-10-4-1-5-11-17)21(25)19-14-8-3-9-15-19;/h1-15,21H,16,22H2;1H. The smallest absolute Gasteiger partial charge is 0.229 e. The highest BCUT2D eigenvalue weighted by Gasteiger charge is 2.39. The van der Waals surface area contributed by atoms with Crippen LogP contribution < -0.4 is 23.3 Å². The zero-order valence-electron chi connectivity index (χ0n) is 14.3. The van der Waals surface area contributed by atoms with Crippen LogP contribution in [-0.2, 0) is 6.54 Å². The summed E-state index contributed by atoms with van der Waals surface area (Å²) in [6.45, 7) is 0.782. The van der Waals surface area contributed by atoms with E-state index in [1.54, 1.807) is 5.01 Å². The molecule has 26 heavy (non-hydrogen) atoms. The molecule has 5 heteroatoms. The van der Waals surface area contributed by atoms with Crippen molar-refractivity contribution >= 4 is 5.84 Å². The summed E-state index contributed by atoms with van der Waals surface area (Å²) >= 11 is 0. The third-order valence-electron chi connectivity index (χ3n) is 4.46. The van der Waals surface area contributed by atoms with Gasteiger partial charge in [-0.3, -0.25) is 0 Å². The Bertz CT molecular complexity index is 853. The number of quaternary nitrogens is 1. The average Bonchev–Trinajstić information content (AvgIpc) is 3.00. The molecular formula is C21H21ClN4. The van der Waals surface area contributed by atoms with Crippen LogP contribution in [0.15, 0.2) is 96.1 Å². The van der Waals surface area contributed by atoms with E-state index in [2.05, 4.69) is 36.4 Å². The van der Waals surface area contributed by atoms with Crippen LogP contribution in [0, 0.1) is 0 Å². The molecule has 3 N–H and O–H groups in total. The van der Waals surface area contributed by atoms with Gasteiger partial charge < -0.3 is 12.4 Å². The molecule has 1 aliphatic heterocycles. The van der Waals surface area contributed by atoms with Gasteiger partial charge in [-0.1, -0.05) is 96.1 Å². The van der Waals surface area contributed by atoms with Gasteiger partial charge in [-0.05, 0) is 0 Å². The summed E-state index contributed by atoms with van der Waals surface area (Å²) in [7, 11) is 0. The van der Waals surface area contributed by atoms with Gasteiger partial charge >= 0.3 is 0 Å². The fraction of sp³-hybridized carbons (Fsp3) is 0.0952. The zero-order chi connectivity index (χ0) is 17.1. The van der Waals surface area contributed by atoms with Crippen molar-refractivity contribution in [3.8, 4) is 0 Å². The third-order valence-corrected chi connectivity index (χ3v) is 4.46. The Kier molecular flexibility index (Phi) is 5.68. The number of nitrogens with one attached hydrogen (secondary N) is 1. The molecule has 1 heterocycles. The molecule has 0 spiro atoms. The van der Waals surface area contributed by atoms with Crippen molar-refractivity contribution in [3.05, 3.63) is 108 Å². The summed E-state index contributed by atoms with van der Waals surface area (Å²) in [4.78, 5) is 0. The number of nitrogens with zero attached hydrogens (tertiary/aromatic N) is 2. The quantitative estimate of drug-likeness (QED) is 0.603. The van der Waals surface area contributed by atoms with Crippen molar-refractivity contribution in [2.45, 2.75) is 12.7 Å². The van der Waals surface area contributed by atoms with Crippen molar-refractivity contribution in [2.75, 3.05) is 0 Å². The largest absolute Gasteiger partial charge is 1.00 e. The molecule has 132 valence electrons. The summed E-state index contributed by atoms with van der Waals surface area (Å²) < 4.78 is 0. The van der Waals surface area contributed by atoms with E-state index in [-0.39, 0.29) is 18.6 Å². The zero-order valence-corrected chi connectivity index (χ0v) is 15.1. The predicted octanol–water partition coefficient (Wildman–Crippen LogP) is -0.675. The Morgan fingerprint density at radius 3 is 1.96 bits per heavy atom. The van der Waals surface area contributed by atoms with Gasteiger partial charge in [0.15, 0.2) is 0 Å². The van der Waals surface area contributed by atoms with E-state index in [0.29, 0.717) is 0 Å². The highest BCUT2D eigenvalue weighted by atomic mass is 35.5. The van der Waals surface area contributed by atoms with Gasteiger partial charge in [0.1, 0.15) is 6.54 Å². The molecular weight excluding hydrogens is 344 g/mol. The molecule has 4 nitrogen and oxygen atoms in total. The summed E-state index contributed by atoms with van der Waals surface area (Å²) in [6, 6.07) is 30.9. The van der Waals surface area contributed by atoms with Crippen molar-refractivity contribution in [2.24, 2.45) is 10.9 Å². The lowest BCUT2D eigenvalue weighted by atomic mass is 10.1. The molecule has 0 saturated carbocycles. The first-order valence-electron chi connectivity index (χ1n) is 8.45. The molecule has 0 amide bonds. The second kappa shape index (κ2) is 8.15. The molecule has 3 aromatic carbocycles. The van der Waals surface area contributed by atoms with E-state index in [0.717, 1.165) is 28.5 Å². The molecule has 0 radical (unpaired) electrons. The van der Waals surface area contributed by atoms with E-state index in [9.17, 15) is 0 Å².